The molecule has 1 heterocycles. The van der Waals surface area contributed by atoms with Crippen LogP contribution >= 0.6 is 0 Å². The highest BCUT2D eigenvalue weighted by Crippen LogP contribution is 2.35. The molecule has 0 saturated carbocycles. The largest absolute Gasteiger partial charge is 0.478 e. The molecule has 1 aliphatic rings. The van der Waals surface area contributed by atoms with E-state index in [1.165, 1.54) is 32.2 Å². The first-order valence-corrected chi connectivity index (χ1v) is 8.73. The number of hydrogen-bond acceptors (Lipinski definition) is 8. The lowest BCUT2D eigenvalue weighted by Crippen LogP contribution is -2.55. The van der Waals surface area contributed by atoms with Gasteiger partial charge in [-0.1, -0.05) is 19.9 Å². The fourth-order valence-electron chi connectivity index (χ4n) is 3.07. The summed E-state index contributed by atoms with van der Waals surface area (Å²) in [6.07, 6.45) is -3.06. The van der Waals surface area contributed by atoms with Gasteiger partial charge in [0.2, 0.25) is 6.29 Å². The van der Waals surface area contributed by atoms with Crippen molar-refractivity contribution in [3.63, 3.8) is 0 Å². The molecule has 0 radical (unpaired) electrons. The van der Waals surface area contributed by atoms with Gasteiger partial charge in [0.15, 0.2) is 12.2 Å². The molecule has 5 atom stereocenters. The number of hydrogen-bond donors (Lipinski definition) is 2. The quantitative estimate of drug-likeness (QED) is 0.685. The molecule has 1 aliphatic heterocycles. The Kier molecular flexibility index (Phi) is 6.98. The predicted molar refractivity (Wildman–Crippen MR) is 94.5 cm³/mol. The molecule has 1 fully saturated rings. The summed E-state index contributed by atoms with van der Waals surface area (Å²) in [5.74, 6) is -3.16. The standard InChI is InChI=1S/C19H24O9/c1-9-10(2)16(26-11(3)21)19(28-15(9)18(24)25-4)27-14-6-5-12(8-20)7-13(14)17(22)23/h5-7,9-10,15-16,19-20H,8H2,1-4H3,(H,22,23)/t9-,10-,15-,16+,19+/m0/s1. The van der Waals surface area contributed by atoms with Gasteiger partial charge in [-0.05, 0) is 23.6 Å². The molecule has 154 valence electrons. The molecular formula is C19H24O9. The van der Waals surface area contributed by atoms with Crippen molar-refractivity contribution in [1.29, 1.82) is 0 Å². The second kappa shape index (κ2) is 9.03. The maximum atomic E-state index is 12.1. The Morgan fingerprint density at radius 2 is 1.86 bits per heavy atom. The van der Waals surface area contributed by atoms with E-state index in [0.29, 0.717) is 5.56 Å². The van der Waals surface area contributed by atoms with Gasteiger partial charge in [0.05, 0.1) is 13.7 Å². The van der Waals surface area contributed by atoms with E-state index in [4.69, 9.17) is 18.9 Å². The number of rotatable bonds is 6. The van der Waals surface area contributed by atoms with Crippen LogP contribution in [0.25, 0.3) is 0 Å². The van der Waals surface area contributed by atoms with Gasteiger partial charge in [0.25, 0.3) is 0 Å². The fraction of sp³-hybridized carbons (Fsp3) is 0.526. The number of esters is 2. The molecule has 9 nitrogen and oxygen atoms in total. The van der Waals surface area contributed by atoms with Crippen LogP contribution in [0.4, 0.5) is 0 Å². The van der Waals surface area contributed by atoms with Gasteiger partial charge >= 0.3 is 17.9 Å². The average Bonchev–Trinajstić information content (AvgIpc) is 2.66. The number of carbonyl (C=O) groups excluding carboxylic acids is 2. The van der Waals surface area contributed by atoms with E-state index in [1.807, 2.05) is 0 Å². The Bertz CT molecular complexity index is 745. The van der Waals surface area contributed by atoms with Crippen molar-refractivity contribution in [2.75, 3.05) is 7.11 Å². The van der Waals surface area contributed by atoms with E-state index >= 15 is 0 Å². The molecule has 1 aromatic carbocycles. The predicted octanol–water partition coefficient (Wildman–Crippen LogP) is 1.36. The lowest BCUT2D eigenvalue weighted by Gasteiger charge is -2.42. The molecule has 28 heavy (non-hydrogen) atoms. The minimum absolute atomic E-state index is 0.0442. The van der Waals surface area contributed by atoms with Crippen molar-refractivity contribution in [2.24, 2.45) is 11.8 Å². The number of aliphatic hydroxyl groups excluding tert-OH is 1. The molecule has 9 heteroatoms. The summed E-state index contributed by atoms with van der Waals surface area (Å²) in [4.78, 5) is 35.2. The van der Waals surface area contributed by atoms with Crippen LogP contribution in [0.1, 0.15) is 36.7 Å². The van der Waals surface area contributed by atoms with Crippen LogP contribution < -0.4 is 4.74 Å². The minimum atomic E-state index is -1.27. The van der Waals surface area contributed by atoms with Crippen LogP contribution in [0, 0.1) is 11.8 Å². The van der Waals surface area contributed by atoms with Crippen LogP contribution in [0.15, 0.2) is 18.2 Å². The van der Waals surface area contributed by atoms with Crippen molar-refractivity contribution in [3.8, 4) is 5.75 Å². The number of aromatic carboxylic acids is 1. The average molecular weight is 396 g/mol. The maximum Gasteiger partial charge on any atom is 0.339 e. The second-order valence-corrected chi connectivity index (χ2v) is 6.65. The van der Waals surface area contributed by atoms with Gasteiger partial charge in [-0.2, -0.15) is 0 Å². The molecule has 0 amide bonds. The summed E-state index contributed by atoms with van der Waals surface area (Å²) in [6, 6.07) is 4.14. The van der Waals surface area contributed by atoms with E-state index < -0.39 is 36.4 Å². The van der Waals surface area contributed by atoms with E-state index in [1.54, 1.807) is 13.8 Å². The number of carboxylic acid groups (broad SMARTS) is 1. The fourth-order valence-corrected chi connectivity index (χ4v) is 3.07. The van der Waals surface area contributed by atoms with E-state index in [-0.39, 0.29) is 29.8 Å². The Labute approximate surface area is 162 Å². The Morgan fingerprint density at radius 1 is 1.18 bits per heavy atom. The van der Waals surface area contributed by atoms with Gasteiger partial charge in [0.1, 0.15) is 11.3 Å². The molecule has 1 saturated heterocycles. The molecule has 2 N–H and O–H groups in total. The van der Waals surface area contributed by atoms with E-state index in [9.17, 15) is 24.6 Å². The SMILES string of the molecule is COC(=O)[C@H]1O[C@@H](Oc2ccc(CO)cc2C(=O)O)[C@H](OC(C)=O)[C@@H](C)[C@@H]1C. The summed E-state index contributed by atoms with van der Waals surface area (Å²) < 4.78 is 21.6. The van der Waals surface area contributed by atoms with Gasteiger partial charge in [0, 0.05) is 12.8 Å². The van der Waals surface area contributed by atoms with Gasteiger partial charge in [-0.25, -0.2) is 9.59 Å². The number of benzene rings is 1. The number of methoxy groups -OCH3 is 1. The second-order valence-electron chi connectivity index (χ2n) is 6.65. The minimum Gasteiger partial charge on any atom is -0.478 e. The highest BCUT2D eigenvalue weighted by Gasteiger charge is 2.48. The maximum absolute atomic E-state index is 12.1. The topological polar surface area (TPSA) is 129 Å². The Balaban J connectivity index is 2.39. The van der Waals surface area contributed by atoms with Crippen molar-refractivity contribution < 1.29 is 43.5 Å². The first-order valence-electron chi connectivity index (χ1n) is 8.73. The van der Waals surface area contributed by atoms with Gasteiger partial charge < -0.3 is 29.2 Å². The van der Waals surface area contributed by atoms with Crippen molar-refractivity contribution >= 4 is 17.9 Å². The lowest BCUT2D eigenvalue weighted by molar-refractivity contribution is -0.248. The van der Waals surface area contributed by atoms with E-state index in [2.05, 4.69) is 0 Å². The summed E-state index contributed by atoms with van der Waals surface area (Å²) in [5, 5.41) is 18.7. The van der Waals surface area contributed by atoms with Crippen LogP contribution in [-0.4, -0.2) is 53.7 Å². The molecule has 0 unspecified atom stereocenters. The zero-order valence-electron chi connectivity index (χ0n) is 16.1. The molecule has 0 aromatic heterocycles. The summed E-state index contributed by atoms with van der Waals surface area (Å²) in [7, 11) is 1.23. The van der Waals surface area contributed by atoms with E-state index in [0.717, 1.165) is 0 Å². The lowest BCUT2D eigenvalue weighted by atomic mass is 9.83. The number of aliphatic hydroxyl groups is 1. The molecule has 0 bridgehead atoms. The summed E-state index contributed by atoms with van der Waals surface area (Å²) in [6.45, 7) is 4.44. The van der Waals surface area contributed by atoms with Crippen LogP contribution in [0.2, 0.25) is 0 Å². The van der Waals surface area contributed by atoms with Crippen molar-refractivity contribution in [1.82, 2.24) is 0 Å². The van der Waals surface area contributed by atoms with Gasteiger partial charge in [-0.3, -0.25) is 4.79 Å². The van der Waals surface area contributed by atoms with Crippen LogP contribution in [0.3, 0.4) is 0 Å². The zero-order valence-corrected chi connectivity index (χ0v) is 16.1. The third-order valence-corrected chi connectivity index (χ3v) is 4.81. The third-order valence-electron chi connectivity index (χ3n) is 4.81. The van der Waals surface area contributed by atoms with Gasteiger partial charge in [-0.15, -0.1) is 0 Å². The third kappa shape index (κ3) is 4.60. The highest BCUT2D eigenvalue weighted by molar-refractivity contribution is 5.91. The van der Waals surface area contributed by atoms with Crippen molar-refractivity contribution in [2.45, 2.75) is 45.9 Å². The smallest absolute Gasteiger partial charge is 0.339 e. The normalized spacial score (nSPS) is 27.0. The first-order chi connectivity index (χ1) is 13.2. The molecule has 1 aromatic rings. The monoisotopic (exact) mass is 396 g/mol. The van der Waals surface area contributed by atoms with Crippen molar-refractivity contribution in [3.05, 3.63) is 29.3 Å². The molecule has 0 spiro atoms. The molecular weight excluding hydrogens is 372 g/mol. The number of ether oxygens (including phenoxy) is 4. The zero-order chi connectivity index (χ0) is 21.0. The molecule has 0 aliphatic carbocycles. The number of carboxylic acids is 1. The summed E-state index contributed by atoms with van der Waals surface area (Å²) in [5.41, 5.74) is 0.192. The van der Waals surface area contributed by atoms with Crippen LogP contribution in [0.5, 0.6) is 5.75 Å². The summed E-state index contributed by atoms with van der Waals surface area (Å²) >= 11 is 0. The number of carbonyl (C=O) groups is 3. The Morgan fingerprint density at radius 3 is 2.39 bits per heavy atom. The first kappa shape index (κ1) is 21.6. The Hall–Kier alpha value is -2.65. The molecule has 2 rings (SSSR count). The van der Waals surface area contributed by atoms with Crippen LogP contribution in [-0.2, 0) is 30.4 Å². The highest BCUT2D eigenvalue weighted by atomic mass is 16.7.